The van der Waals surface area contributed by atoms with Crippen LogP contribution in [0.15, 0.2) is 121 Å². The third kappa shape index (κ3) is 5.25. The largest absolute Gasteiger partial charge is 0.491 e. The van der Waals surface area contributed by atoms with Crippen LogP contribution in [0.4, 0.5) is 0 Å². The summed E-state index contributed by atoms with van der Waals surface area (Å²) in [5.41, 5.74) is 2.55. The molecule has 0 aromatic heterocycles. The second-order valence-electron chi connectivity index (χ2n) is 7.40. The molecule has 0 aliphatic rings. The number of para-hydroxylation sites is 1. The zero-order chi connectivity index (χ0) is 21.9. The van der Waals surface area contributed by atoms with E-state index in [1.165, 1.54) is 0 Å². The first-order valence-corrected chi connectivity index (χ1v) is 11.0. The summed E-state index contributed by atoms with van der Waals surface area (Å²) in [6.07, 6.45) is 0. The van der Waals surface area contributed by atoms with Gasteiger partial charge in [0.2, 0.25) is 0 Å². The van der Waals surface area contributed by atoms with E-state index < -0.39 is 5.60 Å². The van der Waals surface area contributed by atoms with Crippen LogP contribution in [0.1, 0.15) is 16.7 Å². The predicted molar refractivity (Wildman–Crippen MR) is 128 cm³/mol. The van der Waals surface area contributed by atoms with E-state index in [0.717, 1.165) is 22.4 Å². The summed E-state index contributed by atoms with van der Waals surface area (Å²) < 4.78 is 18.2. The van der Waals surface area contributed by atoms with Gasteiger partial charge in [-0.15, -0.1) is 0 Å². The van der Waals surface area contributed by atoms with Crippen molar-refractivity contribution >= 4 is 0 Å². The van der Waals surface area contributed by atoms with E-state index in [-0.39, 0.29) is 0 Å². The lowest BCUT2D eigenvalue weighted by Gasteiger charge is -2.36. The summed E-state index contributed by atoms with van der Waals surface area (Å²) in [5.74, 6) is 0.851. The first-order valence-electron chi connectivity index (χ1n) is 11.0. The monoisotopic (exact) mass is 424 g/mol. The van der Waals surface area contributed by atoms with Crippen LogP contribution >= 0.6 is 0 Å². The Morgan fingerprint density at radius 1 is 0.438 bits per heavy atom. The van der Waals surface area contributed by atoms with Crippen LogP contribution in [-0.4, -0.2) is 26.4 Å². The lowest BCUT2D eigenvalue weighted by atomic mass is 9.80. The minimum Gasteiger partial charge on any atom is -0.491 e. The van der Waals surface area contributed by atoms with Gasteiger partial charge in [-0.05, 0) is 28.8 Å². The predicted octanol–water partition coefficient (Wildman–Crippen LogP) is 6.09. The number of ether oxygens (including phenoxy) is 3. The van der Waals surface area contributed by atoms with Gasteiger partial charge in [-0.2, -0.15) is 0 Å². The summed E-state index contributed by atoms with van der Waals surface area (Å²) in [6, 6.07) is 40.9. The Labute approximate surface area is 190 Å². The van der Waals surface area contributed by atoms with Gasteiger partial charge in [0.05, 0.1) is 19.8 Å². The van der Waals surface area contributed by atoms with E-state index in [1.54, 1.807) is 0 Å². The Hall–Kier alpha value is -3.40. The molecule has 0 aliphatic heterocycles. The highest BCUT2D eigenvalue weighted by Gasteiger charge is 2.37. The zero-order valence-corrected chi connectivity index (χ0v) is 18.1. The maximum absolute atomic E-state index is 6.69. The SMILES string of the molecule is c1ccc(OCCOCCOC(c2ccccc2)(c2ccccc2)c2ccccc2)cc1. The van der Waals surface area contributed by atoms with Crippen molar-refractivity contribution in [1.82, 2.24) is 0 Å². The Balaban J connectivity index is 1.47. The molecule has 4 aromatic rings. The van der Waals surface area contributed by atoms with Gasteiger partial charge in [0.15, 0.2) is 0 Å². The van der Waals surface area contributed by atoms with Gasteiger partial charge in [-0.25, -0.2) is 0 Å². The highest BCUT2D eigenvalue weighted by molar-refractivity contribution is 5.47. The molecule has 4 aromatic carbocycles. The molecule has 4 rings (SSSR count). The molecule has 0 radical (unpaired) electrons. The van der Waals surface area contributed by atoms with Gasteiger partial charge in [-0.1, -0.05) is 109 Å². The van der Waals surface area contributed by atoms with Crippen molar-refractivity contribution in [2.75, 3.05) is 26.4 Å². The Morgan fingerprint density at radius 2 is 0.844 bits per heavy atom. The van der Waals surface area contributed by atoms with Crippen molar-refractivity contribution in [3.63, 3.8) is 0 Å². The minimum absolute atomic E-state index is 0.448. The van der Waals surface area contributed by atoms with E-state index >= 15 is 0 Å². The zero-order valence-electron chi connectivity index (χ0n) is 18.1. The lowest BCUT2D eigenvalue weighted by molar-refractivity contribution is -0.0271. The van der Waals surface area contributed by atoms with Crippen molar-refractivity contribution in [3.8, 4) is 5.75 Å². The standard InChI is InChI=1S/C29H28O3/c1-5-13-25(14-6-1)29(26-15-7-2-8-16-26,27-17-9-3-10-18-27)32-24-22-30-21-23-31-28-19-11-4-12-20-28/h1-20H,21-24H2. The fraction of sp³-hybridized carbons (Fsp3) is 0.172. The molecule has 0 saturated carbocycles. The summed E-state index contributed by atoms with van der Waals surface area (Å²) in [4.78, 5) is 0. The first-order chi connectivity index (χ1) is 15.9. The van der Waals surface area contributed by atoms with Crippen LogP contribution < -0.4 is 4.74 Å². The molecule has 162 valence electrons. The van der Waals surface area contributed by atoms with Crippen molar-refractivity contribution in [3.05, 3.63) is 138 Å². The Morgan fingerprint density at radius 3 is 1.31 bits per heavy atom. The van der Waals surface area contributed by atoms with Crippen LogP contribution in [-0.2, 0) is 15.1 Å². The minimum atomic E-state index is -0.715. The van der Waals surface area contributed by atoms with E-state index in [9.17, 15) is 0 Å². The van der Waals surface area contributed by atoms with Crippen LogP contribution in [0.5, 0.6) is 5.75 Å². The molecule has 0 fully saturated rings. The summed E-state index contributed by atoms with van der Waals surface area (Å²) in [5, 5.41) is 0. The molecule has 0 heterocycles. The average molecular weight is 425 g/mol. The van der Waals surface area contributed by atoms with Crippen LogP contribution in [0.3, 0.4) is 0 Å². The highest BCUT2D eigenvalue weighted by Crippen LogP contribution is 2.40. The molecular formula is C29H28O3. The Kier molecular flexibility index (Phi) is 7.69. The van der Waals surface area contributed by atoms with Gasteiger partial charge in [0.1, 0.15) is 18.0 Å². The summed E-state index contributed by atoms with van der Waals surface area (Å²) >= 11 is 0. The molecular weight excluding hydrogens is 396 g/mol. The molecule has 3 heteroatoms. The third-order valence-electron chi connectivity index (χ3n) is 5.33. The quantitative estimate of drug-likeness (QED) is 0.215. The van der Waals surface area contributed by atoms with Crippen LogP contribution in [0.25, 0.3) is 0 Å². The van der Waals surface area contributed by atoms with Gasteiger partial charge >= 0.3 is 0 Å². The second-order valence-corrected chi connectivity index (χ2v) is 7.40. The second kappa shape index (κ2) is 11.3. The average Bonchev–Trinajstić information content (AvgIpc) is 2.88. The normalized spacial score (nSPS) is 11.2. The maximum Gasteiger partial charge on any atom is 0.143 e. The van der Waals surface area contributed by atoms with E-state index in [2.05, 4.69) is 72.8 Å². The fourth-order valence-electron chi connectivity index (χ4n) is 3.86. The van der Waals surface area contributed by atoms with Crippen molar-refractivity contribution in [2.45, 2.75) is 5.60 Å². The molecule has 0 bridgehead atoms. The third-order valence-corrected chi connectivity index (χ3v) is 5.33. The molecule has 0 unspecified atom stereocenters. The van der Waals surface area contributed by atoms with Gasteiger partial charge in [0, 0.05) is 0 Å². The maximum atomic E-state index is 6.69. The number of hydrogen-bond acceptors (Lipinski definition) is 3. The lowest BCUT2D eigenvalue weighted by Crippen LogP contribution is -2.34. The summed E-state index contributed by atoms with van der Waals surface area (Å²) in [7, 11) is 0. The van der Waals surface area contributed by atoms with Gasteiger partial charge in [0.25, 0.3) is 0 Å². The number of hydrogen-bond donors (Lipinski definition) is 0. The number of benzene rings is 4. The molecule has 32 heavy (non-hydrogen) atoms. The van der Waals surface area contributed by atoms with E-state index in [4.69, 9.17) is 14.2 Å². The molecule has 0 saturated heterocycles. The molecule has 0 spiro atoms. The van der Waals surface area contributed by atoms with Crippen LogP contribution in [0, 0.1) is 0 Å². The molecule has 0 aliphatic carbocycles. The topological polar surface area (TPSA) is 27.7 Å². The van der Waals surface area contributed by atoms with Crippen molar-refractivity contribution in [2.24, 2.45) is 0 Å². The number of rotatable bonds is 11. The smallest absolute Gasteiger partial charge is 0.143 e. The van der Waals surface area contributed by atoms with E-state index in [0.29, 0.717) is 26.4 Å². The first kappa shape index (κ1) is 21.8. The fourth-order valence-corrected chi connectivity index (χ4v) is 3.86. The van der Waals surface area contributed by atoms with Gasteiger partial charge in [-0.3, -0.25) is 0 Å². The van der Waals surface area contributed by atoms with Crippen LogP contribution in [0.2, 0.25) is 0 Å². The molecule has 0 atom stereocenters. The van der Waals surface area contributed by atoms with Gasteiger partial charge < -0.3 is 14.2 Å². The van der Waals surface area contributed by atoms with Crippen molar-refractivity contribution in [1.29, 1.82) is 0 Å². The molecule has 3 nitrogen and oxygen atoms in total. The highest BCUT2D eigenvalue weighted by atomic mass is 16.6. The Bertz CT molecular complexity index is 938. The molecule has 0 N–H and O–H groups in total. The summed E-state index contributed by atoms with van der Waals surface area (Å²) in [6.45, 7) is 1.94. The van der Waals surface area contributed by atoms with E-state index in [1.807, 2.05) is 48.5 Å². The van der Waals surface area contributed by atoms with Crippen molar-refractivity contribution < 1.29 is 14.2 Å². The molecule has 0 amide bonds.